The maximum Gasteiger partial charge on any atom is 0.164 e. The molecule has 0 saturated heterocycles. The SMILES string of the molecule is CCC(C)OC(=S)Cc1cccc(N)c1. The highest BCUT2D eigenvalue weighted by molar-refractivity contribution is 7.80. The molecule has 0 fully saturated rings. The first kappa shape index (κ1) is 12.0. The molecule has 0 radical (unpaired) electrons. The van der Waals surface area contributed by atoms with Crippen molar-refractivity contribution < 1.29 is 4.74 Å². The number of hydrogen-bond acceptors (Lipinski definition) is 3. The molecular weight excluding hydrogens is 206 g/mol. The lowest BCUT2D eigenvalue weighted by molar-refractivity contribution is 0.206. The van der Waals surface area contributed by atoms with Gasteiger partial charge in [-0.15, -0.1) is 0 Å². The lowest BCUT2D eigenvalue weighted by Gasteiger charge is -2.13. The van der Waals surface area contributed by atoms with Crippen LogP contribution < -0.4 is 5.73 Å². The summed E-state index contributed by atoms with van der Waals surface area (Å²) in [5.41, 5.74) is 7.54. The van der Waals surface area contributed by atoms with Crippen molar-refractivity contribution in [3.8, 4) is 0 Å². The molecule has 0 aliphatic heterocycles. The highest BCUT2D eigenvalue weighted by atomic mass is 32.1. The van der Waals surface area contributed by atoms with Crippen molar-refractivity contribution in [2.24, 2.45) is 0 Å². The molecule has 2 nitrogen and oxygen atoms in total. The highest BCUT2D eigenvalue weighted by Crippen LogP contribution is 2.09. The number of ether oxygens (including phenoxy) is 1. The monoisotopic (exact) mass is 223 g/mol. The predicted molar refractivity (Wildman–Crippen MR) is 68.0 cm³/mol. The Bertz CT molecular complexity index is 338. The Morgan fingerprint density at radius 1 is 1.53 bits per heavy atom. The van der Waals surface area contributed by atoms with Gasteiger partial charge in [0.1, 0.15) is 0 Å². The molecule has 0 aromatic heterocycles. The van der Waals surface area contributed by atoms with Crippen molar-refractivity contribution in [1.29, 1.82) is 0 Å². The fraction of sp³-hybridized carbons (Fsp3) is 0.417. The minimum atomic E-state index is 0.193. The van der Waals surface area contributed by atoms with Crippen molar-refractivity contribution in [1.82, 2.24) is 0 Å². The molecule has 1 unspecified atom stereocenters. The fourth-order valence-corrected chi connectivity index (χ4v) is 1.55. The summed E-state index contributed by atoms with van der Waals surface area (Å²) in [6.07, 6.45) is 1.82. The van der Waals surface area contributed by atoms with Crippen molar-refractivity contribution in [3.05, 3.63) is 29.8 Å². The van der Waals surface area contributed by atoms with Crippen molar-refractivity contribution in [2.45, 2.75) is 32.8 Å². The molecule has 2 N–H and O–H groups in total. The van der Waals surface area contributed by atoms with Gasteiger partial charge in [0.25, 0.3) is 0 Å². The van der Waals surface area contributed by atoms with Gasteiger partial charge in [-0.2, -0.15) is 0 Å². The number of thiocarbonyl (C=S) groups is 1. The van der Waals surface area contributed by atoms with Gasteiger partial charge in [-0.25, -0.2) is 0 Å². The average Bonchev–Trinajstić information content (AvgIpc) is 2.17. The third kappa shape index (κ3) is 4.30. The summed E-state index contributed by atoms with van der Waals surface area (Å²) < 4.78 is 5.53. The van der Waals surface area contributed by atoms with Crippen LogP contribution in [0.15, 0.2) is 24.3 Å². The van der Waals surface area contributed by atoms with Crippen LogP contribution in [0.3, 0.4) is 0 Å². The van der Waals surface area contributed by atoms with E-state index in [0.29, 0.717) is 11.5 Å². The normalized spacial score (nSPS) is 12.1. The summed E-state index contributed by atoms with van der Waals surface area (Å²) in [5, 5.41) is 0.634. The number of anilines is 1. The zero-order valence-electron chi connectivity index (χ0n) is 9.19. The summed E-state index contributed by atoms with van der Waals surface area (Å²) in [6, 6.07) is 7.72. The first-order valence-electron chi connectivity index (χ1n) is 5.15. The second-order valence-electron chi connectivity index (χ2n) is 3.63. The third-order valence-corrected chi connectivity index (χ3v) is 2.45. The van der Waals surface area contributed by atoms with Crippen LogP contribution in [0.4, 0.5) is 5.69 Å². The van der Waals surface area contributed by atoms with Crippen molar-refractivity contribution in [2.75, 3.05) is 5.73 Å². The molecule has 0 spiro atoms. The molecular formula is C12H17NOS. The van der Waals surface area contributed by atoms with E-state index in [1.54, 1.807) is 0 Å². The minimum Gasteiger partial charge on any atom is -0.484 e. The molecule has 3 heteroatoms. The molecule has 0 bridgehead atoms. The Balaban J connectivity index is 2.51. The molecule has 82 valence electrons. The third-order valence-electron chi connectivity index (χ3n) is 2.21. The van der Waals surface area contributed by atoms with Gasteiger partial charge >= 0.3 is 0 Å². The quantitative estimate of drug-likeness (QED) is 0.629. The van der Waals surface area contributed by atoms with Gasteiger partial charge in [0.05, 0.1) is 6.10 Å². The van der Waals surface area contributed by atoms with E-state index in [1.807, 2.05) is 31.2 Å². The van der Waals surface area contributed by atoms with E-state index < -0.39 is 0 Å². The predicted octanol–water partition coefficient (Wildman–Crippen LogP) is 2.95. The molecule has 1 aromatic rings. The smallest absolute Gasteiger partial charge is 0.164 e. The van der Waals surface area contributed by atoms with Gasteiger partial charge in [-0.1, -0.05) is 19.1 Å². The Kier molecular flexibility index (Phi) is 4.56. The van der Waals surface area contributed by atoms with Crippen LogP contribution in [-0.2, 0) is 11.2 Å². The average molecular weight is 223 g/mol. The Labute approximate surface area is 96.4 Å². The van der Waals surface area contributed by atoms with E-state index >= 15 is 0 Å². The van der Waals surface area contributed by atoms with Gasteiger partial charge in [0.15, 0.2) is 5.05 Å². The molecule has 1 rings (SSSR count). The number of rotatable bonds is 4. The molecule has 0 heterocycles. The van der Waals surface area contributed by atoms with Crippen LogP contribution >= 0.6 is 12.2 Å². The van der Waals surface area contributed by atoms with Crippen LogP contribution in [0.5, 0.6) is 0 Å². The second kappa shape index (κ2) is 5.71. The largest absolute Gasteiger partial charge is 0.484 e. The van der Waals surface area contributed by atoms with E-state index in [2.05, 4.69) is 6.92 Å². The van der Waals surface area contributed by atoms with Gasteiger partial charge < -0.3 is 10.5 Å². The van der Waals surface area contributed by atoms with E-state index in [9.17, 15) is 0 Å². The van der Waals surface area contributed by atoms with Crippen LogP contribution in [-0.4, -0.2) is 11.2 Å². The number of benzene rings is 1. The van der Waals surface area contributed by atoms with Crippen molar-refractivity contribution in [3.63, 3.8) is 0 Å². The van der Waals surface area contributed by atoms with Gasteiger partial charge in [0, 0.05) is 12.1 Å². The van der Waals surface area contributed by atoms with Crippen LogP contribution in [0.25, 0.3) is 0 Å². The zero-order valence-corrected chi connectivity index (χ0v) is 10.0. The fourth-order valence-electron chi connectivity index (χ4n) is 1.22. The summed E-state index contributed by atoms with van der Waals surface area (Å²) in [5.74, 6) is 0. The molecule has 0 amide bonds. The number of nitrogens with two attached hydrogens (primary N) is 1. The molecule has 0 saturated carbocycles. The molecule has 1 atom stereocenters. The van der Waals surface area contributed by atoms with Crippen LogP contribution in [0.2, 0.25) is 0 Å². The van der Waals surface area contributed by atoms with Gasteiger partial charge in [0.2, 0.25) is 0 Å². The second-order valence-corrected chi connectivity index (χ2v) is 4.09. The van der Waals surface area contributed by atoms with Gasteiger partial charge in [-0.3, -0.25) is 0 Å². The van der Waals surface area contributed by atoms with E-state index in [-0.39, 0.29) is 6.10 Å². The Hall–Kier alpha value is -1.09. The molecule has 0 aliphatic carbocycles. The summed E-state index contributed by atoms with van der Waals surface area (Å²) in [7, 11) is 0. The minimum absolute atomic E-state index is 0.193. The Morgan fingerprint density at radius 3 is 2.87 bits per heavy atom. The molecule has 1 aromatic carbocycles. The first-order valence-corrected chi connectivity index (χ1v) is 5.56. The highest BCUT2D eigenvalue weighted by Gasteiger charge is 2.05. The molecule has 0 aliphatic rings. The van der Waals surface area contributed by atoms with E-state index in [1.165, 1.54) is 0 Å². The topological polar surface area (TPSA) is 35.2 Å². The summed E-state index contributed by atoms with van der Waals surface area (Å²) in [4.78, 5) is 0. The maximum absolute atomic E-state index is 5.68. The summed E-state index contributed by atoms with van der Waals surface area (Å²) in [6.45, 7) is 4.10. The van der Waals surface area contributed by atoms with Crippen LogP contribution in [0, 0.1) is 0 Å². The lowest BCUT2D eigenvalue weighted by Crippen LogP contribution is -2.14. The summed E-state index contributed by atoms with van der Waals surface area (Å²) >= 11 is 5.16. The number of hydrogen-bond donors (Lipinski definition) is 1. The number of nitrogen functional groups attached to an aromatic ring is 1. The molecule has 15 heavy (non-hydrogen) atoms. The maximum atomic E-state index is 5.68. The first-order chi connectivity index (χ1) is 7.11. The Morgan fingerprint density at radius 2 is 2.27 bits per heavy atom. The lowest BCUT2D eigenvalue weighted by atomic mass is 10.1. The van der Waals surface area contributed by atoms with Gasteiger partial charge in [-0.05, 0) is 43.3 Å². The van der Waals surface area contributed by atoms with Crippen molar-refractivity contribution >= 4 is 23.0 Å². The van der Waals surface area contributed by atoms with Crippen LogP contribution in [0.1, 0.15) is 25.8 Å². The van der Waals surface area contributed by atoms with E-state index in [0.717, 1.165) is 17.7 Å². The standard InChI is InChI=1S/C12H17NOS/c1-3-9(2)14-12(15)8-10-5-4-6-11(13)7-10/h4-7,9H,3,8,13H2,1-2H3. The van der Waals surface area contributed by atoms with E-state index in [4.69, 9.17) is 22.7 Å². The zero-order chi connectivity index (χ0) is 11.3.